The minimum atomic E-state index is -0.672. The van der Waals surface area contributed by atoms with Gasteiger partial charge in [-0.05, 0) is 55.3 Å². The average molecular weight is 489 g/mol. The molecule has 0 radical (unpaired) electrons. The average Bonchev–Trinajstić information content (AvgIpc) is 2.82. The maximum atomic E-state index is 12.1. The highest BCUT2D eigenvalue weighted by molar-refractivity contribution is 6.31. The fourth-order valence-electron chi connectivity index (χ4n) is 2.88. The Labute approximate surface area is 204 Å². The van der Waals surface area contributed by atoms with E-state index in [4.69, 9.17) is 21.1 Å². The van der Waals surface area contributed by atoms with Gasteiger partial charge in [0.15, 0.2) is 6.61 Å². The van der Waals surface area contributed by atoms with Crippen LogP contribution in [0.25, 0.3) is 0 Å². The van der Waals surface area contributed by atoms with Crippen LogP contribution < -0.4 is 10.6 Å². The molecule has 182 valence electrons. The first-order chi connectivity index (χ1) is 16.3. The number of nitrogens with one attached hydrogen (secondary N) is 2. The lowest BCUT2D eigenvalue weighted by atomic mass is 10.2. The van der Waals surface area contributed by atoms with Crippen LogP contribution >= 0.6 is 11.6 Å². The van der Waals surface area contributed by atoms with E-state index >= 15 is 0 Å². The van der Waals surface area contributed by atoms with Gasteiger partial charge in [-0.3, -0.25) is 14.4 Å². The highest BCUT2D eigenvalue weighted by Crippen LogP contribution is 2.22. The van der Waals surface area contributed by atoms with Crippen molar-refractivity contribution in [3.8, 4) is 0 Å². The van der Waals surface area contributed by atoms with Gasteiger partial charge in [0.05, 0.1) is 18.6 Å². The highest BCUT2D eigenvalue weighted by atomic mass is 35.5. The minimum absolute atomic E-state index is 0.116. The molecule has 0 fully saturated rings. The van der Waals surface area contributed by atoms with Gasteiger partial charge in [0.25, 0.3) is 5.91 Å². The number of amides is 2. The van der Waals surface area contributed by atoms with Gasteiger partial charge in [0.1, 0.15) is 0 Å². The molecule has 2 amide bonds. The maximum absolute atomic E-state index is 12.1. The fraction of sp³-hybridized carbons (Fsp3) is 0.360. The number of rotatable bonds is 12. The first kappa shape index (κ1) is 26.9. The zero-order chi connectivity index (χ0) is 24.9. The summed E-state index contributed by atoms with van der Waals surface area (Å²) in [6.07, 6.45) is 2.57. The van der Waals surface area contributed by atoms with Crippen molar-refractivity contribution in [2.24, 2.45) is 0 Å². The largest absolute Gasteiger partial charge is 0.462 e. The zero-order valence-electron chi connectivity index (χ0n) is 19.3. The van der Waals surface area contributed by atoms with Crippen LogP contribution in [-0.2, 0) is 23.9 Å². The van der Waals surface area contributed by atoms with Crippen LogP contribution in [0.4, 0.5) is 11.4 Å². The number of benzene rings is 2. The lowest BCUT2D eigenvalue weighted by Gasteiger charge is -2.10. The molecule has 0 atom stereocenters. The van der Waals surface area contributed by atoms with Crippen molar-refractivity contribution in [3.05, 3.63) is 58.6 Å². The summed E-state index contributed by atoms with van der Waals surface area (Å²) in [5.41, 5.74) is 2.11. The third-order valence-corrected chi connectivity index (χ3v) is 5.26. The molecule has 0 saturated carbocycles. The molecule has 2 rings (SSSR count). The second kappa shape index (κ2) is 14.0. The van der Waals surface area contributed by atoms with Gasteiger partial charge in [0, 0.05) is 22.8 Å². The number of carbonyl (C=O) groups excluding carboxylic acids is 4. The zero-order valence-corrected chi connectivity index (χ0v) is 20.1. The monoisotopic (exact) mass is 488 g/mol. The van der Waals surface area contributed by atoms with Crippen molar-refractivity contribution in [3.63, 3.8) is 0 Å². The van der Waals surface area contributed by atoms with Gasteiger partial charge >= 0.3 is 11.9 Å². The maximum Gasteiger partial charge on any atom is 0.338 e. The van der Waals surface area contributed by atoms with Crippen LogP contribution in [0.5, 0.6) is 0 Å². The topological polar surface area (TPSA) is 111 Å². The molecule has 0 heterocycles. The Morgan fingerprint density at radius 1 is 0.882 bits per heavy atom. The van der Waals surface area contributed by atoms with Gasteiger partial charge in [-0.1, -0.05) is 37.4 Å². The molecule has 2 N–H and O–H groups in total. The van der Waals surface area contributed by atoms with Crippen molar-refractivity contribution < 1.29 is 28.7 Å². The molecule has 0 bridgehead atoms. The van der Waals surface area contributed by atoms with E-state index in [9.17, 15) is 19.2 Å². The fourth-order valence-corrected chi connectivity index (χ4v) is 3.05. The normalized spacial score (nSPS) is 10.3. The number of ether oxygens (including phenoxy) is 2. The number of esters is 2. The Morgan fingerprint density at radius 3 is 2.32 bits per heavy atom. The van der Waals surface area contributed by atoms with Crippen LogP contribution in [0.15, 0.2) is 42.5 Å². The molecule has 2 aromatic rings. The number of anilines is 2. The van der Waals surface area contributed by atoms with E-state index in [0.717, 1.165) is 19.3 Å². The van der Waals surface area contributed by atoms with Crippen LogP contribution in [0.2, 0.25) is 5.02 Å². The van der Waals surface area contributed by atoms with Crippen LogP contribution in [0.1, 0.15) is 54.9 Å². The molecular weight excluding hydrogens is 460 g/mol. The molecule has 0 saturated heterocycles. The van der Waals surface area contributed by atoms with Crippen molar-refractivity contribution in [1.82, 2.24) is 0 Å². The Bertz CT molecular complexity index is 1010. The lowest BCUT2D eigenvalue weighted by molar-refractivity contribution is -0.147. The molecule has 0 aliphatic rings. The Morgan fingerprint density at radius 2 is 1.62 bits per heavy atom. The first-order valence-corrected chi connectivity index (χ1v) is 11.5. The van der Waals surface area contributed by atoms with E-state index in [1.54, 1.807) is 49.4 Å². The van der Waals surface area contributed by atoms with Crippen LogP contribution in [0.3, 0.4) is 0 Å². The first-order valence-electron chi connectivity index (χ1n) is 11.1. The smallest absolute Gasteiger partial charge is 0.338 e. The van der Waals surface area contributed by atoms with Crippen molar-refractivity contribution in [1.29, 1.82) is 0 Å². The number of halogens is 1. The second-order valence-electron chi connectivity index (χ2n) is 7.59. The van der Waals surface area contributed by atoms with Crippen molar-refractivity contribution in [2.45, 2.75) is 46.0 Å². The third kappa shape index (κ3) is 9.23. The summed E-state index contributed by atoms with van der Waals surface area (Å²) >= 11 is 6.01. The Hall–Kier alpha value is -3.39. The molecule has 0 spiro atoms. The van der Waals surface area contributed by atoms with Gasteiger partial charge in [-0.15, -0.1) is 0 Å². The molecule has 0 unspecified atom stereocenters. The van der Waals surface area contributed by atoms with E-state index < -0.39 is 30.4 Å². The predicted molar refractivity (Wildman–Crippen MR) is 130 cm³/mol. The highest BCUT2D eigenvalue weighted by Gasteiger charge is 2.13. The minimum Gasteiger partial charge on any atom is -0.462 e. The second-order valence-corrected chi connectivity index (χ2v) is 8.00. The molecule has 9 heteroatoms. The molecule has 0 aliphatic heterocycles. The Kier molecular flexibility index (Phi) is 11.1. The molecule has 0 aromatic heterocycles. The summed E-state index contributed by atoms with van der Waals surface area (Å²) in [4.78, 5) is 47.9. The summed E-state index contributed by atoms with van der Waals surface area (Å²) in [5.74, 6) is -1.99. The van der Waals surface area contributed by atoms with Gasteiger partial charge in [-0.2, -0.15) is 0 Å². The predicted octanol–water partition coefficient (Wildman–Crippen LogP) is 4.90. The van der Waals surface area contributed by atoms with Crippen molar-refractivity contribution >= 4 is 46.7 Å². The van der Waals surface area contributed by atoms with Crippen molar-refractivity contribution in [2.75, 3.05) is 23.8 Å². The van der Waals surface area contributed by atoms with Gasteiger partial charge < -0.3 is 20.1 Å². The number of carbonyl (C=O) groups is 4. The van der Waals surface area contributed by atoms with Gasteiger partial charge in [0.2, 0.25) is 5.91 Å². The quantitative estimate of drug-likeness (QED) is 0.325. The summed E-state index contributed by atoms with van der Waals surface area (Å²) in [5, 5.41) is 5.77. The third-order valence-electron chi connectivity index (χ3n) is 4.85. The standard InChI is InChI=1S/C25H29ClN2O6/c1-3-4-5-15-33-25(32)18-9-11-19(12-10-18)27-22(29)13-14-24(31)34-16-23(30)28-21-8-6-7-20(26)17(21)2/h6-12H,3-5,13-16H2,1-2H3,(H,27,29)(H,28,30). The van der Waals surface area contributed by atoms with Gasteiger partial charge in [-0.25, -0.2) is 4.79 Å². The number of hydrogen-bond donors (Lipinski definition) is 2. The Balaban J connectivity index is 1.69. The molecule has 34 heavy (non-hydrogen) atoms. The molecule has 8 nitrogen and oxygen atoms in total. The molecular formula is C25H29ClN2O6. The van der Waals surface area contributed by atoms with E-state index in [0.29, 0.717) is 34.1 Å². The van der Waals surface area contributed by atoms with E-state index in [2.05, 4.69) is 17.6 Å². The number of hydrogen-bond acceptors (Lipinski definition) is 6. The lowest BCUT2D eigenvalue weighted by Crippen LogP contribution is -2.22. The summed E-state index contributed by atoms with van der Waals surface area (Å²) in [6, 6.07) is 11.4. The summed E-state index contributed by atoms with van der Waals surface area (Å²) < 4.78 is 10.1. The van der Waals surface area contributed by atoms with Crippen LogP contribution in [-0.4, -0.2) is 37.0 Å². The summed E-state index contributed by atoms with van der Waals surface area (Å²) in [6.45, 7) is 3.74. The van der Waals surface area contributed by atoms with E-state index in [1.807, 2.05) is 0 Å². The van der Waals surface area contributed by atoms with E-state index in [-0.39, 0.29) is 12.8 Å². The molecule has 2 aromatic carbocycles. The molecule has 0 aliphatic carbocycles. The SMILES string of the molecule is CCCCCOC(=O)c1ccc(NC(=O)CCC(=O)OCC(=O)Nc2cccc(Cl)c2C)cc1. The van der Waals surface area contributed by atoms with E-state index in [1.165, 1.54) is 0 Å². The van der Waals surface area contributed by atoms with Crippen LogP contribution in [0, 0.1) is 6.92 Å². The number of unbranched alkanes of at least 4 members (excludes halogenated alkanes) is 2. The summed E-state index contributed by atoms with van der Waals surface area (Å²) in [7, 11) is 0.